The van der Waals surface area contributed by atoms with Crippen LogP contribution in [0.1, 0.15) is 31.2 Å². The van der Waals surface area contributed by atoms with Crippen molar-refractivity contribution in [2.45, 2.75) is 31.4 Å². The Morgan fingerprint density at radius 3 is 2.11 bits per heavy atom. The second-order valence-electron chi connectivity index (χ2n) is 7.44. The van der Waals surface area contributed by atoms with Gasteiger partial charge in [0.1, 0.15) is 0 Å². The first-order valence-electron chi connectivity index (χ1n) is 9.79. The largest absolute Gasteiger partial charge is 0.371 e. The van der Waals surface area contributed by atoms with Crippen molar-refractivity contribution in [2.24, 2.45) is 0 Å². The zero-order valence-corrected chi connectivity index (χ0v) is 16.4. The van der Waals surface area contributed by atoms with E-state index in [1.165, 1.54) is 12.8 Å². The monoisotopic (exact) mass is 385 g/mol. The molecular weight excluding hydrogens is 358 g/mol. The fraction of sp³-hybridized carbons (Fsp3) is 0.429. The molecule has 2 heterocycles. The molecule has 5 nitrogen and oxygen atoms in total. The Kier molecular flexibility index (Phi) is 5.25. The molecule has 0 saturated carbocycles. The highest BCUT2D eigenvalue weighted by atomic mass is 32.2. The van der Waals surface area contributed by atoms with Gasteiger partial charge < -0.3 is 9.80 Å². The molecule has 2 aliphatic rings. The fourth-order valence-electron chi connectivity index (χ4n) is 4.01. The highest BCUT2D eigenvalue weighted by molar-refractivity contribution is 7.91. The predicted octanol–water partition coefficient (Wildman–Crippen LogP) is 3.83. The van der Waals surface area contributed by atoms with Gasteiger partial charge in [0.2, 0.25) is 10.0 Å². The average molecular weight is 386 g/mol. The lowest BCUT2D eigenvalue weighted by Crippen LogP contribution is -2.23. The van der Waals surface area contributed by atoms with E-state index in [0.717, 1.165) is 56.0 Å². The van der Waals surface area contributed by atoms with Crippen molar-refractivity contribution in [2.75, 3.05) is 40.7 Å². The highest BCUT2D eigenvalue weighted by Crippen LogP contribution is 2.34. The maximum Gasteiger partial charge on any atom is 0.236 e. The van der Waals surface area contributed by atoms with Gasteiger partial charge in [-0.05, 0) is 49.4 Å². The Labute approximate surface area is 162 Å². The molecule has 0 atom stereocenters. The van der Waals surface area contributed by atoms with Crippen LogP contribution in [0, 0.1) is 0 Å². The normalized spacial score (nSPS) is 17.5. The molecule has 1 N–H and O–H groups in total. The molecule has 2 aliphatic heterocycles. The van der Waals surface area contributed by atoms with Gasteiger partial charge in [-0.3, -0.25) is 4.72 Å². The van der Waals surface area contributed by atoms with Gasteiger partial charge in [0.05, 0.1) is 17.1 Å². The molecule has 0 aliphatic carbocycles. The number of rotatable bonds is 6. The molecule has 2 saturated heterocycles. The van der Waals surface area contributed by atoms with Gasteiger partial charge in [0, 0.05) is 31.9 Å². The van der Waals surface area contributed by atoms with Gasteiger partial charge in [-0.25, -0.2) is 8.42 Å². The quantitative estimate of drug-likeness (QED) is 0.821. The van der Waals surface area contributed by atoms with E-state index in [2.05, 4.69) is 26.7 Å². The lowest BCUT2D eigenvalue weighted by Gasteiger charge is -2.25. The van der Waals surface area contributed by atoms with Crippen molar-refractivity contribution in [3.63, 3.8) is 0 Å². The zero-order chi connectivity index (χ0) is 18.7. The Morgan fingerprint density at radius 2 is 1.44 bits per heavy atom. The number of nitrogens with zero attached hydrogens (tertiary/aromatic N) is 2. The van der Waals surface area contributed by atoms with E-state index in [1.807, 2.05) is 36.4 Å². The Hall–Kier alpha value is -2.21. The van der Waals surface area contributed by atoms with Crippen molar-refractivity contribution in [3.05, 3.63) is 54.1 Å². The van der Waals surface area contributed by atoms with Crippen molar-refractivity contribution < 1.29 is 8.42 Å². The number of nitrogens with one attached hydrogen (secondary N) is 1. The zero-order valence-electron chi connectivity index (χ0n) is 15.6. The van der Waals surface area contributed by atoms with Gasteiger partial charge in [0.15, 0.2) is 0 Å². The molecule has 6 heteroatoms. The van der Waals surface area contributed by atoms with Crippen LogP contribution in [0.3, 0.4) is 0 Å². The summed E-state index contributed by atoms with van der Waals surface area (Å²) in [6.45, 7) is 4.05. The highest BCUT2D eigenvalue weighted by Gasteiger charge is 2.21. The minimum absolute atomic E-state index is 0.0127. The number of hydrogen-bond donors (Lipinski definition) is 1. The van der Waals surface area contributed by atoms with Crippen LogP contribution in [0.2, 0.25) is 0 Å². The number of hydrogen-bond acceptors (Lipinski definition) is 4. The molecule has 0 aromatic heterocycles. The average Bonchev–Trinajstić information content (AvgIpc) is 3.36. The van der Waals surface area contributed by atoms with Crippen molar-refractivity contribution in [1.29, 1.82) is 0 Å². The molecule has 144 valence electrons. The molecule has 0 radical (unpaired) electrons. The van der Waals surface area contributed by atoms with Crippen molar-refractivity contribution >= 4 is 27.1 Å². The van der Waals surface area contributed by atoms with Gasteiger partial charge in [0.25, 0.3) is 0 Å². The van der Waals surface area contributed by atoms with Crippen LogP contribution in [0.4, 0.5) is 17.1 Å². The standard InChI is InChI=1S/C21H27N3O2S/c25-27(26,17-18-8-2-1-3-9-18)22-20-16-19(23-12-4-5-13-23)10-11-21(20)24-14-6-7-15-24/h1-3,8-11,16,22H,4-7,12-15,17H2. The predicted molar refractivity (Wildman–Crippen MR) is 112 cm³/mol. The molecule has 0 bridgehead atoms. The summed E-state index contributed by atoms with van der Waals surface area (Å²) in [4.78, 5) is 4.62. The van der Waals surface area contributed by atoms with Crippen LogP contribution in [-0.4, -0.2) is 34.6 Å². The minimum atomic E-state index is -3.48. The molecular formula is C21H27N3O2S. The molecule has 2 aromatic carbocycles. The third-order valence-corrected chi connectivity index (χ3v) is 6.61. The molecule has 2 fully saturated rings. The second kappa shape index (κ2) is 7.80. The lowest BCUT2D eigenvalue weighted by atomic mass is 10.2. The molecule has 2 aromatic rings. The summed E-state index contributed by atoms with van der Waals surface area (Å²) in [6.07, 6.45) is 4.71. The van der Waals surface area contributed by atoms with E-state index in [4.69, 9.17) is 0 Å². The van der Waals surface area contributed by atoms with Crippen LogP contribution in [0.25, 0.3) is 0 Å². The second-order valence-corrected chi connectivity index (χ2v) is 9.16. The molecule has 27 heavy (non-hydrogen) atoms. The number of sulfonamides is 1. The maximum absolute atomic E-state index is 12.8. The number of anilines is 3. The topological polar surface area (TPSA) is 52.7 Å². The lowest BCUT2D eigenvalue weighted by molar-refractivity contribution is 0.600. The summed E-state index contributed by atoms with van der Waals surface area (Å²) < 4.78 is 28.5. The van der Waals surface area contributed by atoms with Gasteiger partial charge in [-0.1, -0.05) is 30.3 Å². The van der Waals surface area contributed by atoms with Gasteiger partial charge in [-0.15, -0.1) is 0 Å². The van der Waals surface area contributed by atoms with Crippen LogP contribution >= 0.6 is 0 Å². The van der Waals surface area contributed by atoms with Crippen LogP contribution in [0.15, 0.2) is 48.5 Å². The third-order valence-electron chi connectivity index (χ3n) is 5.36. The first-order chi connectivity index (χ1) is 13.1. The summed E-state index contributed by atoms with van der Waals surface area (Å²) in [7, 11) is -3.48. The summed E-state index contributed by atoms with van der Waals surface area (Å²) in [6, 6.07) is 15.6. The van der Waals surface area contributed by atoms with Crippen LogP contribution < -0.4 is 14.5 Å². The van der Waals surface area contributed by atoms with Crippen LogP contribution in [0.5, 0.6) is 0 Å². The molecule has 0 unspecified atom stereocenters. The maximum atomic E-state index is 12.8. The molecule has 4 rings (SSSR count). The summed E-state index contributed by atoms with van der Waals surface area (Å²) >= 11 is 0. The van der Waals surface area contributed by atoms with Gasteiger partial charge >= 0.3 is 0 Å². The number of benzene rings is 2. The van der Waals surface area contributed by atoms with Crippen LogP contribution in [-0.2, 0) is 15.8 Å². The third kappa shape index (κ3) is 4.38. The Balaban J connectivity index is 1.62. The van der Waals surface area contributed by atoms with E-state index >= 15 is 0 Å². The Bertz CT molecular complexity index is 872. The summed E-state index contributed by atoms with van der Waals surface area (Å²) in [5.74, 6) is -0.0127. The van der Waals surface area contributed by atoms with E-state index in [-0.39, 0.29) is 5.75 Å². The van der Waals surface area contributed by atoms with E-state index in [0.29, 0.717) is 5.69 Å². The summed E-state index contributed by atoms with van der Waals surface area (Å²) in [5.41, 5.74) is 3.60. The van der Waals surface area contributed by atoms with Gasteiger partial charge in [-0.2, -0.15) is 0 Å². The van der Waals surface area contributed by atoms with Crippen molar-refractivity contribution in [1.82, 2.24) is 0 Å². The Morgan fingerprint density at radius 1 is 0.815 bits per heavy atom. The summed E-state index contributed by atoms with van der Waals surface area (Å²) in [5, 5.41) is 0. The molecule has 0 amide bonds. The van der Waals surface area contributed by atoms with E-state index in [1.54, 1.807) is 0 Å². The van der Waals surface area contributed by atoms with Crippen molar-refractivity contribution in [3.8, 4) is 0 Å². The van der Waals surface area contributed by atoms with E-state index < -0.39 is 10.0 Å². The first-order valence-corrected chi connectivity index (χ1v) is 11.4. The molecule has 0 spiro atoms. The first kappa shape index (κ1) is 18.2. The SMILES string of the molecule is O=S(=O)(Cc1ccccc1)Nc1cc(N2CCCC2)ccc1N1CCCC1. The van der Waals surface area contributed by atoms with E-state index in [9.17, 15) is 8.42 Å². The fourth-order valence-corrected chi connectivity index (χ4v) is 5.21. The smallest absolute Gasteiger partial charge is 0.236 e. The minimum Gasteiger partial charge on any atom is -0.371 e.